The van der Waals surface area contributed by atoms with E-state index in [0.29, 0.717) is 5.02 Å². The van der Waals surface area contributed by atoms with E-state index in [2.05, 4.69) is 39.5 Å². The first-order valence-corrected chi connectivity index (χ1v) is 9.19. The molecule has 0 aliphatic carbocycles. The second-order valence-electron chi connectivity index (χ2n) is 5.35. The summed E-state index contributed by atoms with van der Waals surface area (Å²) in [4.78, 5) is 0. The first-order valence-electron chi connectivity index (χ1n) is 7.48. The molecule has 0 saturated heterocycles. The largest absolute Gasteiger partial charge is 0.726 e. The maximum atomic E-state index is 9.22. The van der Waals surface area contributed by atoms with Gasteiger partial charge in [0.1, 0.15) is 11.3 Å². The van der Waals surface area contributed by atoms with Crippen molar-refractivity contribution in [2.24, 2.45) is 14.1 Å². The molecule has 140 valence electrons. The van der Waals surface area contributed by atoms with Gasteiger partial charge in [-0.25, -0.2) is 17.6 Å². The average Bonchev–Trinajstić information content (AvgIpc) is 2.86. The number of nitrogens with zero attached hydrogens (tertiary/aromatic N) is 2. The maximum absolute atomic E-state index is 9.22. The number of halogens is 1. The Morgan fingerprint density at radius 3 is 2.31 bits per heavy atom. The fourth-order valence-electron chi connectivity index (χ4n) is 2.70. The maximum Gasteiger partial charge on any atom is 0.293 e. The summed E-state index contributed by atoms with van der Waals surface area (Å²) in [5.74, 6) is 1.88. The zero-order valence-corrected chi connectivity index (χ0v) is 16.3. The molecule has 0 aliphatic heterocycles. The lowest BCUT2D eigenvalue weighted by Gasteiger charge is -2.06. The van der Waals surface area contributed by atoms with Gasteiger partial charge in [0.25, 0.3) is 5.82 Å². The molecule has 0 aliphatic rings. The Bertz CT molecular complexity index is 992. The minimum Gasteiger partial charge on any atom is -0.726 e. The highest BCUT2D eigenvalue weighted by molar-refractivity contribution is 7.80. The van der Waals surface area contributed by atoms with Crippen molar-refractivity contribution in [3.8, 4) is 17.1 Å². The van der Waals surface area contributed by atoms with Crippen molar-refractivity contribution in [3.63, 3.8) is 0 Å². The molecule has 0 radical (unpaired) electrons. The molecule has 0 saturated carbocycles. The van der Waals surface area contributed by atoms with Crippen LogP contribution in [0.15, 0.2) is 42.5 Å². The molecule has 26 heavy (non-hydrogen) atoms. The number of hydrogen-bond donors (Lipinski definition) is 0. The molecular formula is C17H19ClN2O5S. The Kier molecular flexibility index (Phi) is 6.25. The molecule has 2 aromatic carbocycles. The van der Waals surface area contributed by atoms with Gasteiger partial charge in [0, 0.05) is 5.02 Å². The van der Waals surface area contributed by atoms with Crippen molar-refractivity contribution < 1.29 is 26.5 Å². The van der Waals surface area contributed by atoms with E-state index in [9.17, 15) is 13.0 Å². The number of para-hydroxylation sites is 2. The Morgan fingerprint density at radius 2 is 1.77 bits per heavy atom. The van der Waals surface area contributed by atoms with Crippen LogP contribution in [0.5, 0.6) is 5.75 Å². The van der Waals surface area contributed by atoms with Crippen LogP contribution in [0.3, 0.4) is 0 Å². The second kappa shape index (κ2) is 8.05. The third-order valence-corrected chi connectivity index (χ3v) is 4.49. The van der Waals surface area contributed by atoms with Gasteiger partial charge >= 0.3 is 0 Å². The summed E-state index contributed by atoms with van der Waals surface area (Å²) in [5, 5.41) is 0.700. The fourth-order valence-corrected chi connectivity index (χ4v) is 2.87. The molecule has 3 rings (SSSR count). The van der Waals surface area contributed by atoms with Gasteiger partial charge in [-0.3, -0.25) is 4.18 Å². The Balaban J connectivity index is 0.000000352. The summed E-state index contributed by atoms with van der Waals surface area (Å²) in [7, 11) is 2.18. The van der Waals surface area contributed by atoms with Crippen LogP contribution >= 0.6 is 11.6 Å². The number of ether oxygens (including phenoxy) is 1. The lowest BCUT2D eigenvalue weighted by atomic mass is 10.2. The predicted octanol–water partition coefficient (Wildman–Crippen LogP) is 2.42. The van der Waals surface area contributed by atoms with Gasteiger partial charge in [0.05, 0.1) is 28.3 Å². The monoisotopic (exact) mass is 398 g/mol. The smallest absolute Gasteiger partial charge is 0.293 e. The van der Waals surface area contributed by atoms with E-state index < -0.39 is 10.4 Å². The number of aromatic nitrogens is 2. The standard InChI is InChI=1S/C16H16ClN2O.CH4O4S/c1-18-13-6-4-5-7-14(13)19(2)16(18)12-10-11(17)8-9-15(12)20-3;1-5-6(2,3)4/h4-10H,1-3H3;1H3,(H,2,3,4)/q+1;/p-1. The highest BCUT2D eigenvalue weighted by Crippen LogP contribution is 2.32. The van der Waals surface area contributed by atoms with Gasteiger partial charge in [-0.15, -0.1) is 0 Å². The summed E-state index contributed by atoms with van der Waals surface area (Å²) in [6.07, 6.45) is 0. The molecule has 0 fully saturated rings. The summed E-state index contributed by atoms with van der Waals surface area (Å²) >= 11 is 6.15. The van der Waals surface area contributed by atoms with Gasteiger partial charge in [0.15, 0.2) is 11.0 Å². The highest BCUT2D eigenvalue weighted by Gasteiger charge is 2.24. The van der Waals surface area contributed by atoms with Gasteiger partial charge in [-0.2, -0.15) is 0 Å². The molecule has 1 aromatic heterocycles. The number of imidazole rings is 1. The quantitative estimate of drug-likeness (QED) is 0.384. The van der Waals surface area contributed by atoms with Crippen LogP contribution in [0.25, 0.3) is 22.4 Å². The van der Waals surface area contributed by atoms with E-state index in [1.807, 2.05) is 30.3 Å². The molecule has 0 bridgehead atoms. The fraction of sp³-hybridized carbons (Fsp3) is 0.235. The molecule has 0 unspecified atom stereocenters. The molecule has 9 heteroatoms. The summed E-state index contributed by atoms with van der Waals surface area (Å²) in [6, 6.07) is 14.0. The van der Waals surface area contributed by atoms with Gasteiger partial charge < -0.3 is 9.29 Å². The summed E-state index contributed by atoms with van der Waals surface area (Å²) in [5.41, 5.74) is 3.33. The lowest BCUT2D eigenvalue weighted by Crippen LogP contribution is -2.30. The van der Waals surface area contributed by atoms with Crippen molar-refractivity contribution in [1.29, 1.82) is 0 Å². The van der Waals surface area contributed by atoms with Gasteiger partial charge in [-0.1, -0.05) is 23.7 Å². The van der Waals surface area contributed by atoms with Gasteiger partial charge in [0.2, 0.25) is 10.4 Å². The van der Waals surface area contributed by atoms with Crippen molar-refractivity contribution in [3.05, 3.63) is 47.5 Å². The van der Waals surface area contributed by atoms with Crippen molar-refractivity contribution in [2.45, 2.75) is 0 Å². The van der Waals surface area contributed by atoms with E-state index in [1.165, 1.54) is 11.0 Å². The molecule has 1 heterocycles. The minimum atomic E-state index is -4.41. The first kappa shape index (κ1) is 20.2. The van der Waals surface area contributed by atoms with Crippen molar-refractivity contribution in [2.75, 3.05) is 14.2 Å². The normalized spacial score (nSPS) is 11.2. The Hall–Kier alpha value is -2.13. The lowest BCUT2D eigenvalue weighted by molar-refractivity contribution is -0.634. The summed E-state index contributed by atoms with van der Waals surface area (Å²) in [6.45, 7) is 0. The van der Waals surface area contributed by atoms with Crippen LogP contribution < -0.4 is 9.30 Å². The third kappa shape index (κ3) is 4.34. The van der Waals surface area contributed by atoms with Crippen LogP contribution in [0.1, 0.15) is 0 Å². The number of aryl methyl sites for hydroxylation is 2. The van der Waals surface area contributed by atoms with Crippen LogP contribution in [0.2, 0.25) is 5.02 Å². The molecule has 7 nitrogen and oxygen atoms in total. The molecule has 0 spiro atoms. The molecular weight excluding hydrogens is 380 g/mol. The summed E-state index contributed by atoms with van der Waals surface area (Å²) < 4.78 is 40.8. The average molecular weight is 399 g/mol. The number of fused-ring (bicyclic) bond motifs is 1. The molecule has 0 atom stereocenters. The SMILES string of the molecule is COS(=O)(=O)[O-].COc1ccc(Cl)cc1-c1n(C)c2ccccc2[n+]1C. The van der Waals surface area contributed by atoms with E-state index in [1.54, 1.807) is 7.11 Å². The molecule has 3 aromatic rings. The van der Waals surface area contributed by atoms with Crippen molar-refractivity contribution >= 4 is 33.0 Å². The zero-order chi connectivity index (χ0) is 19.5. The number of benzene rings is 2. The van der Waals surface area contributed by atoms with E-state index in [4.69, 9.17) is 16.3 Å². The van der Waals surface area contributed by atoms with Crippen molar-refractivity contribution in [1.82, 2.24) is 4.57 Å². The Labute approximate surface area is 157 Å². The van der Waals surface area contributed by atoms with Crippen LogP contribution in [-0.2, 0) is 28.7 Å². The van der Waals surface area contributed by atoms with E-state index in [0.717, 1.165) is 24.2 Å². The predicted molar refractivity (Wildman–Crippen MR) is 97.8 cm³/mol. The number of hydrogen-bond acceptors (Lipinski definition) is 5. The Morgan fingerprint density at radius 1 is 1.15 bits per heavy atom. The second-order valence-corrected chi connectivity index (χ2v) is 6.94. The van der Waals surface area contributed by atoms with Gasteiger partial charge in [-0.05, 0) is 30.3 Å². The number of rotatable bonds is 3. The van der Waals surface area contributed by atoms with E-state index in [-0.39, 0.29) is 0 Å². The third-order valence-electron chi connectivity index (χ3n) is 3.85. The highest BCUT2D eigenvalue weighted by atomic mass is 35.5. The zero-order valence-electron chi connectivity index (χ0n) is 14.8. The minimum absolute atomic E-state index is 0.700. The molecule has 0 amide bonds. The van der Waals surface area contributed by atoms with Crippen LogP contribution in [-0.4, -0.2) is 31.8 Å². The van der Waals surface area contributed by atoms with Crippen LogP contribution in [0.4, 0.5) is 0 Å². The number of methoxy groups -OCH3 is 1. The van der Waals surface area contributed by atoms with E-state index >= 15 is 0 Å². The molecule has 0 N–H and O–H groups in total. The van der Waals surface area contributed by atoms with Crippen LogP contribution in [0, 0.1) is 0 Å². The topological polar surface area (TPSA) is 84.5 Å². The first-order chi connectivity index (χ1) is 12.2.